The molecule has 0 atom stereocenters. The first-order chi connectivity index (χ1) is 12.2. The number of carbonyl (C=O) groups excluding carboxylic acids is 2. The molecule has 1 aliphatic rings. The average Bonchev–Trinajstić information content (AvgIpc) is 3.17. The van der Waals surface area contributed by atoms with Gasteiger partial charge in [-0.05, 0) is 24.3 Å². The van der Waals surface area contributed by atoms with Gasteiger partial charge >= 0.3 is 0 Å². The summed E-state index contributed by atoms with van der Waals surface area (Å²) < 4.78 is 5.16. The molecule has 2 aromatic rings. The number of nitrogens with zero attached hydrogens (tertiary/aromatic N) is 3. The quantitative estimate of drug-likeness (QED) is 0.837. The van der Waals surface area contributed by atoms with Gasteiger partial charge in [-0.1, -0.05) is 0 Å². The largest absolute Gasteiger partial charge is 0.459 e. The first kappa shape index (κ1) is 17.0. The number of pyridine rings is 1. The summed E-state index contributed by atoms with van der Waals surface area (Å²) in [5.74, 6) is 0.976. The van der Waals surface area contributed by atoms with Crippen molar-refractivity contribution in [2.45, 2.75) is 6.42 Å². The SMILES string of the molecule is NCCC(=O)Nc1ccc(N2CCN(C(=O)c3ccco3)CC2)nc1. The number of nitrogens with two attached hydrogens (primary N) is 1. The maximum absolute atomic E-state index is 12.3. The molecule has 3 N–H and O–H groups in total. The summed E-state index contributed by atoms with van der Waals surface area (Å²) in [6.07, 6.45) is 3.42. The van der Waals surface area contributed by atoms with Crippen LogP contribution in [0.25, 0.3) is 0 Å². The summed E-state index contributed by atoms with van der Waals surface area (Å²) in [4.78, 5) is 32.1. The zero-order chi connectivity index (χ0) is 17.6. The molecule has 0 radical (unpaired) electrons. The minimum atomic E-state index is -0.123. The Morgan fingerprint density at radius 2 is 2.00 bits per heavy atom. The number of hydrogen-bond donors (Lipinski definition) is 2. The fourth-order valence-corrected chi connectivity index (χ4v) is 2.70. The van der Waals surface area contributed by atoms with Crippen LogP contribution in [0.15, 0.2) is 41.1 Å². The van der Waals surface area contributed by atoms with Gasteiger partial charge in [-0.15, -0.1) is 0 Å². The molecule has 0 bridgehead atoms. The van der Waals surface area contributed by atoms with Crippen molar-refractivity contribution >= 4 is 23.3 Å². The van der Waals surface area contributed by atoms with Crippen molar-refractivity contribution in [3.63, 3.8) is 0 Å². The lowest BCUT2D eigenvalue weighted by atomic mass is 10.2. The highest BCUT2D eigenvalue weighted by Crippen LogP contribution is 2.17. The molecule has 1 fully saturated rings. The van der Waals surface area contributed by atoms with Crippen molar-refractivity contribution in [1.29, 1.82) is 0 Å². The van der Waals surface area contributed by atoms with Crippen molar-refractivity contribution in [3.8, 4) is 0 Å². The van der Waals surface area contributed by atoms with Gasteiger partial charge in [-0.2, -0.15) is 0 Å². The molecule has 0 saturated carbocycles. The van der Waals surface area contributed by atoms with Crippen molar-refractivity contribution in [2.75, 3.05) is 42.9 Å². The van der Waals surface area contributed by atoms with Crippen LogP contribution in [0.1, 0.15) is 17.0 Å². The molecule has 25 heavy (non-hydrogen) atoms. The Balaban J connectivity index is 1.54. The molecule has 3 rings (SSSR count). The summed E-state index contributed by atoms with van der Waals surface area (Å²) in [5, 5.41) is 2.75. The van der Waals surface area contributed by atoms with Gasteiger partial charge in [0.15, 0.2) is 5.76 Å². The van der Waals surface area contributed by atoms with Gasteiger partial charge in [0.1, 0.15) is 5.82 Å². The van der Waals surface area contributed by atoms with Crippen LogP contribution in [-0.2, 0) is 4.79 Å². The van der Waals surface area contributed by atoms with Crippen molar-refractivity contribution in [2.24, 2.45) is 5.73 Å². The first-order valence-electron chi connectivity index (χ1n) is 8.21. The minimum absolute atomic E-state index is 0.0874. The zero-order valence-corrected chi connectivity index (χ0v) is 13.9. The summed E-state index contributed by atoms with van der Waals surface area (Å²) >= 11 is 0. The fraction of sp³-hybridized carbons (Fsp3) is 0.353. The van der Waals surface area contributed by atoms with E-state index >= 15 is 0 Å². The Labute approximate surface area is 145 Å². The lowest BCUT2D eigenvalue weighted by Gasteiger charge is -2.35. The Morgan fingerprint density at radius 1 is 1.20 bits per heavy atom. The van der Waals surface area contributed by atoms with E-state index in [1.165, 1.54) is 6.26 Å². The van der Waals surface area contributed by atoms with Gasteiger partial charge in [-0.3, -0.25) is 9.59 Å². The molecular weight excluding hydrogens is 322 g/mol. The van der Waals surface area contributed by atoms with E-state index in [0.29, 0.717) is 44.2 Å². The van der Waals surface area contributed by atoms with Gasteiger partial charge in [0.2, 0.25) is 5.91 Å². The molecule has 1 aliphatic heterocycles. The second-order valence-corrected chi connectivity index (χ2v) is 5.75. The standard InChI is InChI=1S/C17H21N5O3/c18-6-5-16(23)20-13-3-4-15(19-12-13)21-7-9-22(10-8-21)17(24)14-2-1-11-25-14/h1-4,11-12H,5-10,18H2,(H,20,23). The Kier molecular flexibility index (Phi) is 5.30. The lowest BCUT2D eigenvalue weighted by Crippen LogP contribution is -2.49. The van der Waals surface area contributed by atoms with E-state index in [0.717, 1.165) is 5.82 Å². The van der Waals surface area contributed by atoms with Crippen LogP contribution in [0.4, 0.5) is 11.5 Å². The highest BCUT2D eigenvalue weighted by atomic mass is 16.3. The maximum atomic E-state index is 12.3. The third-order valence-electron chi connectivity index (χ3n) is 4.03. The smallest absolute Gasteiger partial charge is 0.289 e. The highest BCUT2D eigenvalue weighted by molar-refractivity contribution is 5.91. The van der Waals surface area contributed by atoms with Crippen LogP contribution >= 0.6 is 0 Å². The van der Waals surface area contributed by atoms with Gasteiger partial charge in [-0.25, -0.2) is 4.98 Å². The molecule has 0 aromatic carbocycles. The van der Waals surface area contributed by atoms with E-state index in [4.69, 9.17) is 10.2 Å². The highest BCUT2D eigenvalue weighted by Gasteiger charge is 2.24. The van der Waals surface area contributed by atoms with Crippen LogP contribution in [0.5, 0.6) is 0 Å². The molecular formula is C17H21N5O3. The average molecular weight is 343 g/mol. The fourth-order valence-electron chi connectivity index (χ4n) is 2.70. The van der Waals surface area contributed by atoms with Crippen molar-refractivity contribution < 1.29 is 14.0 Å². The molecule has 0 aliphatic carbocycles. The van der Waals surface area contributed by atoms with E-state index in [-0.39, 0.29) is 18.2 Å². The number of amides is 2. The van der Waals surface area contributed by atoms with Crippen LogP contribution in [-0.4, -0.2) is 54.4 Å². The molecule has 2 aromatic heterocycles. The third kappa shape index (κ3) is 4.16. The van der Waals surface area contributed by atoms with Crippen molar-refractivity contribution in [3.05, 3.63) is 42.5 Å². The maximum Gasteiger partial charge on any atom is 0.289 e. The number of carbonyl (C=O) groups is 2. The van der Waals surface area contributed by atoms with Gasteiger partial charge < -0.3 is 25.3 Å². The topological polar surface area (TPSA) is 105 Å². The normalized spacial score (nSPS) is 14.4. The molecule has 8 nitrogen and oxygen atoms in total. The summed E-state index contributed by atoms with van der Waals surface area (Å²) in [6, 6.07) is 7.06. The molecule has 1 saturated heterocycles. The lowest BCUT2D eigenvalue weighted by molar-refractivity contribution is -0.116. The van der Waals surface area contributed by atoms with Crippen LogP contribution in [0, 0.1) is 0 Å². The predicted molar refractivity (Wildman–Crippen MR) is 93.4 cm³/mol. The number of anilines is 2. The molecule has 8 heteroatoms. The summed E-state index contributed by atoms with van der Waals surface area (Å²) in [6.45, 7) is 2.92. The van der Waals surface area contributed by atoms with E-state index in [9.17, 15) is 9.59 Å². The minimum Gasteiger partial charge on any atom is -0.459 e. The second kappa shape index (κ2) is 7.80. The van der Waals surface area contributed by atoms with Crippen molar-refractivity contribution in [1.82, 2.24) is 9.88 Å². The summed E-state index contributed by atoms with van der Waals surface area (Å²) in [7, 11) is 0. The number of furan rings is 1. The van der Waals surface area contributed by atoms with Crippen LogP contribution < -0.4 is 16.0 Å². The van der Waals surface area contributed by atoms with E-state index in [1.807, 2.05) is 12.1 Å². The molecule has 3 heterocycles. The predicted octanol–water partition coefficient (Wildman–Crippen LogP) is 0.924. The van der Waals surface area contributed by atoms with Crippen LogP contribution in [0.3, 0.4) is 0 Å². The monoisotopic (exact) mass is 343 g/mol. The number of hydrogen-bond acceptors (Lipinski definition) is 6. The number of aromatic nitrogens is 1. The molecule has 132 valence electrons. The number of nitrogens with one attached hydrogen (secondary N) is 1. The third-order valence-corrected chi connectivity index (χ3v) is 4.03. The Morgan fingerprint density at radius 3 is 2.60 bits per heavy atom. The van der Waals surface area contributed by atoms with Gasteiger partial charge in [0.25, 0.3) is 5.91 Å². The van der Waals surface area contributed by atoms with E-state index in [1.54, 1.807) is 23.2 Å². The number of rotatable bonds is 5. The van der Waals surface area contributed by atoms with Gasteiger partial charge in [0, 0.05) is 39.1 Å². The molecule has 0 unspecified atom stereocenters. The van der Waals surface area contributed by atoms with E-state index in [2.05, 4.69) is 15.2 Å². The second-order valence-electron chi connectivity index (χ2n) is 5.75. The Hall–Kier alpha value is -2.87. The Bertz CT molecular complexity index is 706. The zero-order valence-electron chi connectivity index (χ0n) is 13.9. The van der Waals surface area contributed by atoms with Crippen LogP contribution in [0.2, 0.25) is 0 Å². The summed E-state index contributed by atoms with van der Waals surface area (Å²) in [5.41, 5.74) is 6.00. The molecule has 0 spiro atoms. The first-order valence-corrected chi connectivity index (χ1v) is 8.21. The van der Waals surface area contributed by atoms with E-state index < -0.39 is 0 Å². The number of piperazine rings is 1. The molecule has 2 amide bonds. The van der Waals surface area contributed by atoms with Gasteiger partial charge in [0.05, 0.1) is 18.1 Å².